The Kier molecular flexibility index (Phi) is 8.19. The summed E-state index contributed by atoms with van der Waals surface area (Å²) in [5, 5.41) is 0. The summed E-state index contributed by atoms with van der Waals surface area (Å²) >= 11 is 0. The van der Waals surface area contributed by atoms with Crippen LogP contribution in [0.4, 0.5) is 0 Å². The van der Waals surface area contributed by atoms with Crippen LogP contribution in [-0.2, 0) is 0 Å². The molecule has 0 aliphatic heterocycles. The molecule has 1 aromatic rings. The smallest absolute Gasteiger partial charge is 0.119 e. The van der Waals surface area contributed by atoms with Crippen molar-refractivity contribution >= 4 is 0 Å². The van der Waals surface area contributed by atoms with E-state index in [1.165, 1.54) is 64.2 Å². The third-order valence-corrected chi connectivity index (χ3v) is 9.00. The van der Waals surface area contributed by atoms with E-state index < -0.39 is 0 Å². The number of hydrogen-bond donors (Lipinski definition) is 0. The van der Waals surface area contributed by atoms with E-state index in [-0.39, 0.29) is 0 Å². The fourth-order valence-corrected chi connectivity index (χ4v) is 7.15. The van der Waals surface area contributed by atoms with E-state index in [0.717, 1.165) is 54.3 Å². The van der Waals surface area contributed by atoms with Crippen LogP contribution in [0.25, 0.3) is 0 Å². The molecule has 1 aromatic carbocycles. The first-order chi connectivity index (χ1) is 14.8. The lowest BCUT2D eigenvalue weighted by Gasteiger charge is -2.45. The molecule has 4 atom stereocenters. The van der Waals surface area contributed by atoms with Crippen LogP contribution in [0.3, 0.4) is 0 Å². The van der Waals surface area contributed by atoms with Crippen LogP contribution in [0, 0.1) is 29.6 Å². The van der Waals surface area contributed by atoms with Gasteiger partial charge >= 0.3 is 0 Å². The second kappa shape index (κ2) is 11.1. The molecule has 0 heterocycles. The Morgan fingerprint density at radius 3 is 2.03 bits per heavy atom. The van der Waals surface area contributed by atoms with Gasteiger partial charge in [0, 0.05) is 0 Å². The molecule has 4 unspecified atom stereocenters. The lowest BCUT2D eigenvalue weighted by Crippen LogP contribution is -2.34. The summed E-state index contributed by atoms with van der Waals surface area (Å²) in [6.07, 6.45) is 20.5. The average molecular weight is 411 g/mol. The van der Waals surface area contributed by atoms with Gasteiger partial charge in [-0.2, -0.15) is 0 Å². The third kappa shape index (κ3) is 5.63. The number of hydrogen-bond acceptors (Lipinski definition) is 1. The molecule has 0 spiro atoms. The molecule has 3 saturated carbocycles. The Bertz CT molecular complexity index is 612. The highest BCUT2D eigenvalue weighted by Crippen LogP contribution is 2.51. The minimum absolute atomic E-state index is 0.789. The number of rotatable bonds is 8. The second-order valence-electron chi connectivity index (χ2n) is 10.9. The van der Waals surface area contributed by atoms with Gasteiger partial charge in [0.2, 0.25) is 0 Å². The molecule has 1 nitrogen and oxygen atoms in total. The van der Waals surface area contributed by atoms with E-state index >= 15 is 0 Å². The van der Waals surface area contributed by atoms with Crippen molar-refractivity contribution in [1.82, 2.24) is 0 Å². The molecule has 3 aliphatic carbocycles. The minimum Gasteiger partial charge on any atom is -0.494 e. The van der Waals surface area contributed by atoms with Gasteiger partial charge in [0.15, 0.2) is 0 Å². The van der Waals surface area contributed by atoms with Gasteiger partial charge in [-0.25, -0.2) is 0 Å². The SMILES string of the molecule is CCCCC1CCC(C2CCC3CC(c4ccc(OCCC)cc4)CCC3C2)CC1. The van der Waals surface area contributed by atoms with Gasteiger partial charge in [0.25, 0.3) is 0 Å². The number of benzene rings is 1. The summed E-state index contributed by atoms with van der Waals surface area (Å²) in [4.78, 5) is 0. The van der Waals surface area contributed by atoms with Crippen molar-refractivity contribution in [3.63, 3.8) is 0 Å². The third-order valence-electron chi connectivity index (χ3n) is 9.00. The van der Waals surface area contributed by atoms with Crippen LogP contribution >= 0.6 is 0 Å². The topological polar surface area (TPSA) is 9.23 Å². The van der Waals surface area contributed by atoms with E-state index in [2.05, 4.69) is 38.1 Å². The maximum atomic E-state index is 5.78. The number of ether oxygens (including phenoxy) is 1. The Morgan fingerprint density at radius 1 is 0.700 bits per heavy atom. The predicted octanol–water partition coefficient (Wildman–Crippen LogP) is 8.77. The summed E-state index contributed by atoms with van der Waals surface area (Å²) in [5.74, 6) is 7.05. The molecule has 1 heteroatoms. The van der Waals surface area contributed by atoms with Crippen molar-refractivity contribution in [3.05, 3.63) is 29.8 Å². The Hall–Kier alpha value is -0.980. The van der Waals surface area contributed by atoms with Gasteiger partial charge in [-0.05, 0) is 111 Å². The molecule has 3 aliphatic rings. The van der Waals surface area contributed by atoms with Crippen molar-refractivity contribution in [3.8, 4) is 5.75 Å². The monoisotopic (exact) mass is 410 g/mol. The van der Waals surface area contributed by atoms with Crippen molar-refractivity contribution in [2.75, 3.05) is 6.61 Å². The summed E-state index contributed by atoms with van der Waals surface area (Å²) in [6, 6.07) is 9.09. The standard InChI is InChI=1S/C29H46O/c1-3-5-6-22-7-9-23(10-8-22)25-11-13-28-21-26(12-14-27(28)20-25)24-15-17-29(18-16-24)30-19-4-2/h15-18,22-23,25-28H,3-14,19-21H2,1-2H3. The largest absolute Gasteiger partial charge is 0.494 e. The van der Waals surface area contributed by atoms with Crippen molar-refractivity contribution < 1.29 is 4.74 Å². The lowest BCUT2D eigenvalue weighted by molar-refractivity contribution is 0.0710. The van der Waals surface area contributed by atoms with Gasteiger partial charge in [-0.1, -0.05) is 58.1 Å². The van der Waals surface area contributed by atoms with Crippen LogP contribution < -0.4 is 4.74 Å². The second-order valence-corrected chi connectivity index (χ2v) is 10.9. The van der Waals surface area contributed by atoms with Gasteiger partial charge in [0.05, 0.1) is 6.61 Å². The normalized spacial score (nSPS) is 34.3. The highest BCUT2D eigenvalue weighted by molar-refractivity contribution is 5.30. The fourth-order valence-electron chi connectivity index (χ4n) is 7.15. The van der Waals surface area contributed by atoms with Gasteiger partial charge in [0.1, 0.15) is 5.75 Å². The summed E-state index contributed by atoms with van der Waals surface area (Å²) < 4.78 is 5.78. The zero-order valence-corrected chi connectivity index (χ0v) is 19.8. The molecule has 0 saturated heterocycles. The highest BCUT2D eigenvalue weighted by Gasteiger charge is 2.39. The van der Waals surface area contributed by atoms with E-state index in [9.17, 15) is 0 Å². The predicted molar refractivity (Wildman–Crippen MR) is 128 cm³/mol. The minimum atomic E-state index is 0.789. The Labute approximate surface area is 186 Å². The molecule has 0 N–H and O–H groups in total. The lowest BCUT2D eigenvalue weighted by atomic mass is 9.60. The van der Waals surface area contributed by atoms with E-state index in [1.54, 1.807) is 24.8 Å². The Morgan fingerprint density at radius 2 is 1.33 bits per heavy atom. The van der Waals surface area contributed by atoms with Gasteiger partial charge < -0.3 is 4.74 Å². The van der Waals surface area contributed by atoms with E-state index in [0.29, 0.717) is 0 Å². The van der Waals surface area contributed by atoms with Gasteiger partial charge in [-0.3, -0.25) is 0 Å². The van der Waals surface area contributed by atoms with Crippen molar-refractivity contribution in [2.24, 2.45) is 29.6 Å². The molecular formula is C29H46O. The molecule has 30 heavy (non-hydrogen) atoms. The first kappa shape index (κ1) is 22.2. The molecule has 4 rings (SSSR count). The van der Waals surface area contributed by atoms with Gasteiger partial charge in [-0.15, -0.1) is 0 Å². The van der Waals surface area contributed by atoms with Crippen LogP contribution in [0.5, 0.6) is 5.75 Å². The molecule has 0 amide bonds. The Balaban J connectivity index is 1.24. The summed E-state index contributed by atoms with van der Waals surface area (Å²) in [5.41, 5.74) is 1.56. The molecular weight excluding hydrogens is 364 g/mol. The molecule has 168 valence electrons. The summed E-state index contributed by atoms with van der Waals surface area (Å²) in [6.45, 7) is 5.34. The summed E-state index contributed by atoms with van der Waals surface area (Å²) in [7, 11) is 0. The van der Waals surface area contributed by atoms with Crippen LogP contribution in [0.1, 0.15) is 115 Å². The fraction of sp³-hybridized carbons (Fsp3) is 0.793. The first-order valence-corrected chi connectivity index (χ1v) is 13.5. The zero-order valence-electron chi connectivity index (χ0n) is 19.8. The van der Waals surface area contributed by atoms with E-state index in [4.69, 9.17) is 4.74 Å². The van der Waals surface area contributed by atoms with Crippen LogP contribution in [-0.4, -0.2) is 6.61 Å². The zero-order chi connectivity index (χ0) is 20.8. The van der Waals surface area contributed by atoms with E-state index in [1.807, 2.05) is 0 Å². The first-order valence-electron chi connectivity index (χ1n) is 13.5. The average Bonchev–Trinajstić information content (AvgIpc) is 2.81. The van der Waals surface area contributed by atoms with Crippen LogP contribution in [0.2, 0.25) is 0 Å². The molecule has 3 fully saturated rings. The van der Waals surface area contributed by atoms with Crippen LogP contribution in [0.15, 0.2) is 24.3 Å². The highest BCUT2D eigenvalue weighted by atomic mass is 16.5. The van der Waals surface area contributed by atoms with Crippen molar-refractivity contribution in [1.29, 1.82) is 0 Å². The quantitative estimate of drug-likeness (QED) is 0.416. The maximum Gasteiger partial charge on any atom is 0.119 e. The number of unbranched alkanes of at least 4 members (excludes halogenated alkanes) is 1. The number of fused-ring (bicyclic) bond motifs is 1. The van der Waals surface area contributed by atoms with Crippen molar-refractivity contribution in [2.45, 2.75) is 110 Å². The molecule has 0 radical (unpaired) electrons. The molecule has 0 aromatic heterocycles. The molecule has 0 bridgehead atoms. The maximum absolute atomic E-state index is 5.78.